The van der Waals surface area contributed by atoms with Crippen LogP contribution in [0.25, 0.3) is 0 Å². The topological polar surface area (TPSA) is 48.1 Å². The lowest BCUT2D eigenvalue weighted by Gasteiger charge is -2.18. The maximum Gasteiger partial charge on any atom is 0.425 e. The number of pyridine rings is 1. The van der Waals surface area contributed by atoms with Gasteiger partial charge in [-0.3, -0.25) is 0 Å². The average Bonchev–Trinajstić information content (AvgIpc) is 3.11. The molecule has 0 aromatic carbocycles. The fourth-order valence-electron chi connectivity index (χ4n) is 1.67. The van der Waals surface area contributed by atoms with Crippen molar-refractivity contribution in [3.05, 3.63) is 23.9 Å². The third kappa shape index (κ3) is 5.00. The molecule has 0 spiro atoms. The highest BCUT2D eigenvalue weighted by Gasteiger charge is 2.38. The summed E-state index contributed by atoms with van der Waals surface area (Å²) in [5.41, 5.74) is 6.76. The quantitative estimate of drug-likeness (QED) is 0.915. The van der Waals surface area contributed by atoms with Crippen LogP contribution < -0.4 is 10.5 Å². The predicted molar refractivity (Wildman–Crippen MR) is 74.5 cm³/mol. The van der Waals surface area contributed by atoms with E-state index in [0.29, 0.717) is 5.92 Å². The summed E-state index contributed by atoms with van der Waals surface area (Å²) in [6, 6.07) is 3.07. The van der Waals surface area contributed by atoms with E-state index in [1.54, 1.807) is 6.07 Å². The van der Waals surface area contributed by atoms with Crippen LogP contribution in [-0.2, 0) is 0 Å². The van der Waals surface area contributed by atoms with Crippen molar-refractivity contribution in [2.75, 3.05) is 0 Å². The Morgan fingerprint density at radius 1 is 1.35 bits per heavy atom. The number of nitrogens with zero attached hydrogens (tertiary/aromatic N) is 1. The van der Waals surface area contributed by atoms with Gasteiger partial charge in [0.1, 0.15) is 0 Å². The van der Waals surface area contributed by atoms with Gasteiger partial charge in [-0.1, -0.05) is 0 Å². The molecule has 0 radical (unpaired) electrons. The lowest BCUT2D eigenvalue weighted by atomic mass is 10.1. The van der Waals surface area contributed by atoms with Gasteiger partial charge in [0.25, 0.3) is 0 Å². The fraction of sp³-hybridized carbons (Fsp3) is 0.583. The number of alkyl halides is 3. The monoisotopic (exact) mass is 332 g/mol. The van der Waals surface area contributed by atoms with Crippen molar-refractivity contribution >= 4 is 24.8 Å². The van der Waals surface area contributed by atoms with Gasteiger partial charge in [-0.05, 0) is 37.3 Å². The van der Waals surface area contributed by atoms with Crippen molar-refractivity contribution in [2.45, 2.75) is 38.1 Å². The van der Waals surface area contributed by atoms with Gasteiger partial charge in [0.05, 0.1) is 0 Å². The van der Waals surface area contributed by atoms with Gasteiger partial charge in [0.2, 0.25) is 5.88 Å². The van der Waals surface area contributed by atoms with Gasteiger partial charge >= 0.3 is 6.18 Å². The molecule has 1 heterocycles. The molecule has 1 aromatic rings. The molecule has 1 aliphatic carbocycles. The Morgan fingerprint density at radius 2 is 1.95 bits per heavy atom. The van der Waals surface area contributed by atoms with E-state index in [2.05, 4.69) is 4.98 Å². The Bertz CT molecular complexity index is 427. The first kappa shape index (κ1) is 19.3. The lowest BCUT2D eigenvalue weighted by Crippen LogP contribution is -2.31. The molecule has 20 heavy (non-hydrogen) atoms. The lowest BCUT2D eigenvalue weighted by molar-refractivity contribution is -0.190. The van der Waals surface area contributed by atoms with E-state index in [-0.39, 0.29) is 36.7 Å². The third-order valence-electron chi connectivity index (χ3n) is 3.03. The second-order valence-corrected chi connectivity index (χ2v) is 4.59. The summed E-state index contributed by atoms with van der Waals surface area (Å²) in [5, 5.41) is 0. The van der Waals surface area contributed by atoms with Gasteiger partial charge in [0.15, 0.2) is 6.10 Å². The second kappa shape index (κ2) is 7.33. The number of hydrogen-bond acceptors (Lipinski definition) is 3. The zero-order chi connectivity index (χ0) is 13.3. The SMILES string of the molecule is C[C@@H](Oc1cc(C(N)C2CC2)ccn1)C(F)(F)F.Cl.Cl. The van der Waals surface area contributed by atoms with Crippen molar-refractivity contribution in [2.24, 2.45) is 11.7 Å². The summed E-state index contributed by atoms with van der Waals surface area (Å²) in [4.78, 5) is 3.78. The van der Waals surface area contributed by atoms with Crippen molar-refractivity contribution in [3.8, 4) is 5.88 Å². The van der Waals surface area contributed by atoms with Crippen LogP contribution >= 0.6 is 24.8 Å². The largest absolute Gasteiger partial charge is 0.465 e. The van der Waals surface area contributed by atoms with Crippen LogP contribution in [0.3, 0.4) is 0 Å². The summed E-state index contributed by atoms with van der Waals surface area (Å²) in [5.74, 6) is 0.397. The Hall–Kier alpha value is -0.720. The van der Waals surface area contributed by atoms with E-state index in [1.807, 2.05) is 0 Å². The Labute approximate surface area is 127 Å². The molecule has 2 N–H and O–H groups in total. The number of halogens is 5. The molecule has 0 bridgehead atoms. The van der Waals surface area contributed by atoms with Gasteiger partial charge in [0, 0.05) is 18.3 Å². The Morgan fingerprint density at radius 3 is 2.45 bits per heavy atom. The molecule has 0 amide bonds. The minimum absolute atomic E-state index is 0. The highest BCUT2D eigenvalue weighted by atomic mass is 35.5. The van der Waals surface area contributed by atoms with Gasteiger partial charge in [-0.15, -0.1) is 24.8 Å². The number of rotatable bonds is 4. The van der Waals surface area contributed by atoms with Crippen LogP contribution in [0.5, 0.6) is 5.88 Å². The van der Waals surface area contributed by atoms with E-state index in [0.717, 1.165) is 25.3 Å². The maximum absolute atomic E-state index is 12.4. The normalized spacial score (nSPS) is 17.4. The van der Waals surface area contributed by atoms with Crippen molar-refractivity contribution < 1.29 is 17.9 Å². The zero-order valence-electron chi connectivity index (χ0n) is 10.8. The molecular formula is C12H17Cl2F3N2O. The Kier molecular flexibility index (Phi) is 7.07. The predicted octanol–water partition coefficient (Wildman–Crippen LogP) is 3.66. The van der Waals surface area contributed by atoms with Crippen LogP contribution in [0.1, 0.15) is 31.4 Å². The van der Waals surface area contributed by atoms with E-state index in [9.17, 15) is 13.2 Å². The number of ether oxygens (including phenoxy) is 1. The maximum atomic E-state index is 12.4. The molecule has 0 aliphatic heterocycles. The number of nitrogens with two attached hydrogens (primary N) is 1. The zero-order valence-corrected chi connectivity index (χ0v) is 12.4. The molecular weight excluding hydrogens is 316 g/mol. The first-order chi connectivity index (χ1) is 8.38. The van der Waals surface area contributed by atoms with Crippen LogP contribution in [0.2, 0.25) is 0 Å². The molecule has 1 aromatic heterocycles. The minimum atomic E-state index is -4.39. The summed E-state index contributed by atoms with van der Waals surface area (Å²) in [6.45, 7) is 0.954. The minimum Gasteiger partial charge on any atom is -0.465 e. The molecule has 8 heteroatoms. The summed E-state index contributed by atoms with van der Waals surface area (Å²) in [6.07, 6.45) is -2.71. The molecule has 3 nitrogen and oxygen atoms in total. The summed E-state index contributed by atoms with van der Waals surface area (Å²) < 4.78 is 41.8. The summed E-state index contributed by atoms with van der Waals surface area (Å²) in [7, 11) is 0. The standard InChI is InChI=1S/C12H15F3N2O.2ClH/c1-7(12(13,14)15)18-10-6-9(4-5-17-10)11(16)8-2-3-8;;/h4-8,11H,2-3,16H2,1H3;2*1H/t7-,11?;;/m1../s1. The third-order valence-corrected chi connectivity index (χ3v) is 3.03. The number of aromatic nitrogens is 1. The van der Waals surface area contributed by atoms with Crippen LogP contribution in [0.4, 0.5) is 13.2 Å². The van der Waals surface area contributed by atoms with Crippen LogP contribution in [0, 0.1) is 5.92 Å². The Balaban J connectivity index is 0.00000180. The summed E-state index contributed by atoms with van der Waals surface area (Å²) >= 11 is 0. The highest BCUT2D eigenvalue weighted by molar-refractivity contribution is 5.85. The molecule has 116 valence electrons. The molecule has 1 saturated carbocycles. The van der Waals surface area contributed by atoms with Gasteiger partial charge in [-0.2, -0.15) is 13.2 Å². The van der Waals surface area contributed by atoms with E-state index in [1.165, 1.54) is 12.3 Å². The molecule has 1 fully saturated rings. The second-order valence-electron chi connectivity index (χ2n) is 4.59. The van der Waals surface area contributed by atoms with Crippen molar-refractivity contribution in [1.82, 2.24) is 4.98 Å². The van der Waals surface area contributed by atoms with E-state index in [4.69, 9.17) is 10.5 Å². The van der Waals surface area contributed by atoms with Crippen molar-refractivity contribution in [3.63, 3.8) is 0 Å². The van der Waals surface area contributed by atoms with Gasteiger partial charge < -0.3 is 10.5 Å². The van der Waals surface area contributed by atoms with Gasteiger partial charge in [-0.25, -0.2) is 4.98 Å². The van der Waals surface area contributed by atoms with Crippen LogP contribution in [-0.4, -0.2) is 17.3 Å². The molecule has 1 unspecified atom stereocenters. The first-order valence-electron chi connectivity index (χ1n) is 5.83. The average molecular weight is 333 g/mol. The van der Waals surface area contributed by atoms with Crippen LogP contribution in [0.15, 0.2) is 18.3 Å². The molecule has 2 rings (SSSR count). The molecule has 2 atom stereocenters. The molecule has 0 saturated heterocycles. The fourth-order valence-corrected chi connectivity index (χ4v) is 1.67. The van der Waals surface area contributed by atoms with E-state index >= 15 is 0 Å². The number of hydrogen-bond donors (Lipinski definition) is 1. The van der Waals surface area contributed by atoms with E-state index < -0.39 is 12.3 Å². The van der Waals surface area contributed by atoms with Crippen molar-refractivity contribution in [1.29, 1.82) is 0 Å². The smallest absolute Gasteiger partial charge is 0.425 e. The first-order valence-corrected chi connectivity index (χ1v) is 5.83. The molecule has 1 aliphatic rings. The highest BCUT2D eigenvalue weighted by Crippen LogP contribution is 2.39.